The summed E-state index contributed by atoms with van der Waals surface area (Å²) in [7, 11) is -3.73. The molecule has 1 aliphatic rings. The van der Waals surface area contributed by atoms with Crippen molar-refractivity contribution >= 4 is 43.5 Å². The summed E-state index contributed by atoms with van der Waals surface area (Å²) in [4.78, 5) is 23.5. The standard InChI is InChI=1S/C20H21BrN2O5S/c21-17-10-7-15(19(24)22-16-8-5-14(6-9-16)20(25)26)13-18(17)29(27,28)23-11-3-1-2-4-12-23/h5-10,13H,1-4,11-12H2,(H,22,24)(H,25,26)/p-1. The minimum atomic E-state index is -3.73. The lowest BCUT2D eigenvalue weighted by Gasteiger charge is -2.21. The van der Waals surface area contributed by atoms with E-state index in [0.29, 0.717) is 23.2 Å². The molecular formula is C20H20BrN2O5S-. The van der Waals surface area contributed by atoms with Crippen molar-refractivity contribution in [2.75, 3.05) is 18.4 Å². The minimum Gasteiger partial charge on any atom is -0.545 e. The second-order valence-corrected chi connectivity index (χ2v) is 9.54. The fourth-order valence-corrected chi connectivity index (χ4v) is 5.62. The maximum atomic E-state index is 13.1. The quantitative estimate of drug-likeness (QED) is 0.708. The number of carboxylic acid groups (broad SMARTS) is 1. The Balaban J connectivity index is 1.84. The van der Waals surface area contributed by atoms with Gasteiger partial charge in [-0.3, -0.25) is 4.79 Å². The molecule has 0 atom stereocenters. The van der Waals surface area contributed by atoms with E-state index in [0.717, 1.165) is 25.7 Å². The van der Waals surface area contributed by atoms with Crippen LogP contribution in [0.25, 0.3) is 0 Å². The fourth-order valence-electron chi connectivity index (χ4n) is 3.16. The van der Waals surface area contributed by atoms with Gasteiger partial charge in [0.15, 0.2) is 0 Å². The van der Waals surface area contributed by atoms with Crippen LogP contribution in [0.3, 0.4) is 0 Å². The number of carboxylic acids is 1. The first-order chi connectivity index (χ1) is 13.8. The van der Waals surface area contributed by atoms with Crippen LogP contribution in [0.5, 0.6) is 0 Å². The monoisotopic (exact) mass is 479 g/mol. The van der Waals surface area contributed by atoms with Gasteiger partial charge in [0.25, 0.3) is 5.91 Å². The van der Waals surface area contributed by atoms with Crippen molar-refractivity contribution in [1.29, 1.82) is 0 Å². The third-order valence-corrected chi connectivity index (χ3v) is 7.65. The summed E-state index contributed by atoms with van der Waals surface area (Å²) in [5.41, 5.74) is 0.572. The molecule has 2 aromatic rings. The van der Waals surface area contributed by atoms with E-state index in [-0.39, 0.29) is 16.0 Å². The molecule has 29 heavy (non-hydrogen) atoms. The van der Waals surface area contributed by atoms with Crippen LogP contribution < -0.4 is 10.4 Å². The van der Waals surface area contributed by atoms with Crippen molar-refractivity contribution < 1.29 is 23.1 Å². The number of nitrogens with one attached hydrogen (secondary N) is 1. The van der Waals surface area contributed by atoms with Gasteiger partial charge in [-0.25, -0.2) is 8.42 Å². The summed E-state index contributed by atoms with van der Waals surface area (Å²) in [5.74, 6) is -1.80. The predicted octanol–water partition coefficient (Wildman–Crippen LogP) is 2.63. The molecule has 1 heterocycles. The van der Waals surface area contributed by atoms with Gasteiger partial charge in [0.2, 0.25) is 10.0 Å². The summed E-state index contributed by atoms with van der Waals surface area (Å²) in [6.07, 6.45) is 3.65. The number of anilines is 1. The molecule has 1 amide bonds. The van der Waals surface area contributed by atoms with E-state index in [2.05, 4.69) is 21.2 Å². The lowest BCUT2D eigenvalue weighted by Crippen LogP contribution is -2.32. The lowest BCUT2D eigenvalue weighted by molar-refractivity contribution is -0.255. The summed E-state index contributed by atoms with van der Waals surface area (Å²) in [5, 5.41) is 13.4. The molecule has 0 bridgehead atoms. The number of halogens is 1. The van der Waals surface area contributed by atoms with Gasteiger partial charge in [0.1, 0.15) is 0 Å². The van der Waals surface area contributed by atoms with Crippen molar-refractivity contribution in [3.63, 3.8) is 0 Å². The number of rotatable bonds is 5. The molecule has 0 aliphatic carbocycles. The van der Waals surface area contributed by atoms with Crippen molar-refractivity contribution in [2.45, 2.75) is 30.6 Å². The number of carbonyl (C=O) groups is 2. The SMILES string of the molecule is O=C([O-])c1ccc(NC(=O)c2ccc(Br)c(S(=O)(=O)N3CCCCCC3)c2)cc1. The molecule has 1 N–H and O–H groups in total. The first kappa shape index (κ1) is 21.5. The Morgan fingerprint density at radius 1 is 0.931 bits per heavy atom. The van der Waals surface area contributed by atoms with Crippen molar-refractivity contribution in [2.24, 2.45) is 0 Å². The summed E-state index contributed by atoms with van der Waals surface area (Å²) >= 11 is 3.29. The number of hydrogen-bond acceptors (Lipinski definition) is 5. The van der Waals surface area contributed by atoms with Gasteiger partial charge in [-0.05, 0) is 64.7 Å². The molecule has 7 nitrogen and oxygen atoms in total. The Morgan fingerprint density at radius 2 is 1.52 bits per heavy atom. The van der Waals surface area contributed by atoms with Gasteiger partial charge in [-0.1, -0.05) is 25.0 Å². The van der Waals surface area contributed by atoms with Crippen LogP contribution in [0.2, 0.25) is 0 Å². The number of aromatic carboxylic acids is 1. The first-order valence-electron chi connectivity index (χ1n) is 9.21. The maximum absolute atomic E-state index is 13.1. The van der Waals surface area contributed by atoms with Crippen LogP contribution in [0, 0.1) is 0 Å². The zero-order chi connectivity index (χ0) is 21.0. The van der Waals surface area contributed by atoms with Crippen LogP contribution in [0.15, 0.2) is 51.8 Å². The minimum absolute atomic E-state index is 0.00234. The fraction of sp³-hybridized carbons (Fsp3) is 0.300. The number of hydrogen-bond donors (Lipinski definition) is 1. The maximum Gasteiger partial charge on any atom is 0.255 e. The van der Waals surface area contributed by atoms with Crippen LogP contribution in [0.4, 0.5) is 5.69 Å². The van der Waals surface area contributed by atoms with Gasteiger partial charge in [-0.2, -0.15) is 4.31 Å². The molecule has 2 aromatic carbocycles. The third-order valence-electron chi connectivity index (χ3n) is 4.75. The van der Waals surface area contributed by atoms with E-state index < -0.39 is 21.9 Å². The van der Waals surface area contributed by atoms with Gasteiger partial charge in [0, 0.05) is 28.8 Å². The summed E-state index contributed by atoms with van der Waals surface area (Å²) in [6.45, 7) is 0.936. The topological polar surface area (TPSA) is 107 Å². The molecule has 154 valence electrons. The molecule has 3 rings (SSSR count). The van der Waals surface area contributed by atoms with Crippen LogP contribution in [0.1, 0.15) is 46.4 Å². The number of benzene rings is 2. The predicted molar refractivity (Wildman–Crippen MR) is 110 cm³/mol. The number of sulfonamides is 1. The average Bonchev–Trinajstić information content (AvgIpc) is 2.98. The molecule has 9 heteroatoms. The molecule has 0 unspecified atom stereocenters. The highest BCUT2D eigenvalue weighted by molar-refractivity contribution is 9.10. The molecule has 0 spiro atoms. The molecule has 0 saturated carbocycles. The van der Waals surface area contributed by atoms with Crippen LogP contribution in [-0.4, -0.2) is 37.7 Å². The van der Waals surface area contributed by atoms with Gasteiger partial charge in [0.05, 0.1) is 10.9 Å². The van der Waals surface area contributed by atoms with Crippen molar-refractivity contribution in [3.8, 4) is 0 Å². The zero-order valence-electron chi connectivity index (χ0n) is 15.6. The highest BCUT2D eigenvalue weighted by Crippen LogP contribution is 2.28. The van der Waals surface area contributed by atoms with Gasteiger partial charge in [-0.15, -0.1) is 0 Å². The van der Waals surface area contributed by atoms with Crippen molar-refractivity contribution in [3.05, 3.63) is 58.1 Å². The molecule has 1 aliphatic heterocycles. The number of amides is 1. The molecule has 0 aromatic heterocycles. The Labute approximate surface area is 177 Å². The van der Waals surface area contributed by atoms with Crippen LogP contribution >= 0.6 is 15.9 Å². The summed E-state index contributed by atoms with van der Waals surface area (Å²) in [6, 6.07) is 9.95. The second kappa shape index (κ2) is 9.06. The molecular weight excluding hydrogens is 460 g/mol. The molecule has 1 fully saturated rings. The molecule has 1 saturated heterocycles. The average molecular weight is 480 g/mol. The molecule has 0 radical (unpaired) electrons. The third kappa shape index (κ3) is 5.04. The van der Waals surface area contributed by atoms with E-state index in [1.54, 1.807) is 6.07 Å². The number of nitrogens with zero attached hydrogens (tertiary/aromatic N) is 1. The Morgan fingerprint density at radius 3 is 2.10 bits per heavy atom. The largest absolute Gasteiger partial charge is 0.545 e. The highest BCUT2D eigenvalue weighted by Gasteiger charge is 2.28. The highest BCUT2D eigenvalue weighted by atomic mass is 79.9. The Hall–Kier alpha value is -2.23. The number of carbonyl (C=O) groups excluding carboxylic acids is 2. The van der Waals surface area contributed by atoms with E-state index in [1.807, 2.05) is 0 Å². The van der Waals surface area contributed by atoms with E-state index in [9.17, 15) is 23.1 Å². The van der Waals surface area contributed by atoms with Gasteiger partial charge < -0.3 is 15.2 Å². The zero-order valence-corrected chi connectivity index (χ0v) is 18.0. The van der Waals surface area contributed by atoms with E-state index in [4.69, 9.17) is 0 Å². The Kier molecular flexibility index (Phi) is 6.71. The second-order valence-electron chi connectivity index (χ2n) is 6.78. The van der Waals surface area contributed by atoms with Crippen LogP contribution in [-0.2, 0) is 10.0 Å². The van der Waals surface area contributed by atoms with Gasteiger partial charge >= 0.3 is 0 Å². The first-order valence-corrected chi connectivity index (χ1v) is 11.4. The normalized spacial score (nSPS) is 15.5. The van der Waals surface area contributed by atoms with E-state index in [1.165, 1.54) is 40.7 Å². The van der Waals surface area contributed by atoms with Crippen molar-refractivity contribution in [1.82, 2.24) is 4.31 Å². The van der Waals surface area contributed by atoms with E-state index >= 15 is 0 Å². The lowest BCUT2D eigenvalue weighted by atomic mass is 10.2. The smallest absolute Gasteiger partial charge is 0.255 e. The Bertz CT molecular complexity index is 1010. The summed E-state index contributed by atoms with van der Waals surface area (Å²) < 4.78 is 28.1.